The fraction of sp³-hybridized carbons (Fsp3) is 0.529. The van der Waals surface area contributed by atoms with E-state index in [0.29, 0.717) is 30.7 Å². The minimum atomic E-state index is -0.825. The van der Waals surface area contributed by atoms with Crippen LogP contribution in [-0.4, -0.2) is 29.2 Å². The molecule has 6 heteroatoms. The quantitative estimate of drug-likeness (QED) is 0.544. The van der Waals surface area contributed by atoms with E-state index in [1.165, 1.54) is 0 Å². The van der Waals surface area contributed by atoms with Gasteiger partial charge in [0.15, 0.2) is 5.60 Å². The van der Waals surface area contributed by atoms with Crippen LogP contribution in [0.1, 0.15) is 48.5 Å². The van der Waals surface area contributed by atoms with Gasteiger partial charge in [-0.3, -0.25) is 14.8 Å². The van der Waals surface area contributed by atoms with Crippen LogP contribution in [0.15, 0.2) is 18.2 Å². The van der Waals surface area contributed by atoms with Crippen LogP contribution in [0.3, 0.4) is 0 Å². The van der Waals surface area contributed by atoms with Gasteiger partial charge in [-0.25, -0.2) is 5.48 Å². The second kappa shape index (κ2) is 6.20. The van der Waals surface area contributed by atoms with E-state index in [4.69, 9.17) is 9.94 Å². The first kappa shape index (κ1) is 15.8. The summed E-state index contributed by atoms with van der Waals surface area (Å²) in [5.74, 6) is 0.0748. The van der Waals surface area contributed by atoms with Crippen molar-refractivity contribution in [3.63, 3.8) is 0 Å². The van der Waals surface area contributed by atoms with Gasteiger partial charge in [0.05, 0.1) is 0 Å². The van der Waals surface area contributed by atoms with Crippen molar-refractivity contribution in [2.75, 3.05) is 6.54 Å². The largest absolute Gasteiger partial charge is 0.477 e. The number of rotatable bonds is 1. The third-order valence-corrected chi connectivity index (χ3v) is 4.93. The monoisotopic (exact) mass is 318 g/mol. The number of benzene rings is 1. The third kappa shape index (κ3) is 2.79. The fourth-order valence-corrected chi connectivity index (χ4v) is 3.56. The average Bonchev–Trinajstić information content (AvgIpc) is 2.55. The van der Waals surface area contributed by atoms with E-state index in [-0.39, 0.29) is 11.8 Å². The number of ether oxygens (including phenoxy) is 1. The maximum absolute atomic E-state index is 12.7. The summed E-state index contributed by atoms with van der Waals surface area (Å²) in [5, 5.41) is 11.7. The molecule has 2 aliphatic rings. The normalized spacial score (nSPS) is 27.2. The van der Waals surface area contributed by atoms with Crippen LogP contribution in [0.2, 0.25) is 0 Å². The smallest absolute Gasteiger partial charge is 0.274 e. The van der Waals surface area contributed by atoms with E-state index >= 15 is 0 Å². The maximum atomic E-state index is 12.7. The number of hydroxylamine groups is 1. The van der Waals surface area contributed by atoms with Crippen LogP contribution in [0.5, 0.6) is 5.75 Å². The molecule has 6 nitrogen and oxygen atoms in total. The number of nitrogens with one attached hydrogen (secondary N) is 2. The molecule has 2 unspecified atom stereocenters. The van der Waals surface area contributed by atoms with Crippen LogP contribution in [0.25, 0.3) is 0 Å². The Balaban J connectivity index is 1.93. The number of carbonyl (C=O) groups excluding carboxylic acids is 2. The van der Waals surface area contributed by atoms with Gasteiger partial charge in [-0.15, -0.1) is 0 Å². The molecule has 2 atom stereocenters. The molecule has 2 heterocycles. The lowest BCUT2D eigenvalue weighted by Crippen LogP contribution is -2.58. The molecule has 1 fully saturated rings. The van der Waals surface area contributed by atoms with Crippen LogP contribution < -0.4 is 15.5 Å². The highest BCUT2D eigenvalue weighted by Gasteiger charge is 2.48. The number of hydrogen-bond acceptors (Lipinski definition) is 4. The first-order valence-electron chi connectivity index (χ1n) is 8.11. The van der Waals surface area contributed by atoms with Gasteiger partial charge < -0.3 is 10.1 Å². The molecule has 1 aromatic carbocycles. The second-order valence-corrected chi connectivity index (χ2v) is 6.43. The zero-order chi connectivity index (χ0) is 16.4. The molecule has 124 valence electrons. The van der Waals surface area contributed by atoms with E-state index in [1.807, 2.05) is 6.92 Å². The van der Waals surface area contributed by atoms with E-state index in [9.17, 15) is 9.59 Å². The van der Waals surface area contributed by atoms with Crippen molar-refractivity contribution in [1.82, 2.24) is 10.8 Å². The maximum Gasteiger partial charge on any atom is 0.274 e. The molecule has 23 heavy (non-hydrogen) atoms. The highest BCUT2D eigenvalue weighted by atomic mass is 16.5. The summed E-state index contributed by atoms with van der Waals surface area (Å²) in [6.07, 6.45) is 4.43. The summed E-state index contributed by atoms with van der Waals surface area (Å²) >= 11 is 0. The van der Waals surface area contributed by atoms with E-state index in [0.717, 1.165) is 24.8 Å². The number of fused-ring (bicyclic) bond motifs is 1. The van der Waals surface area contributed by atoms with Gasteiger partial charge >= 0.3 is 0 Å². The van der Waals surface area contributed by atoms with Crippen molar-refractivity contribution in [3.8, 4) is 5.75 Å². The van der Waals surface area contributed by atoms with Gasteiger partial charge in [0.25, 0.3) is 11.8 Å². The van der Waals surface area contributed by atoms with Crippen molar-refractivity contribution < 1.29 is 19.5 Å². The molecule has 1 spiro atoms. The summed E-state index contributed by atoms with van der Waals surface area (Å²) in [7, 11) is 0. The zero-order valence-corrected chi connectivity index (χ0v) is 13.2. The fourth-order valence-electron chi connectivity index (χ4n) is 3.56. The highest BCUT2D eigenvalue weighted by molar-refractivity contribution is 5.94. The van der Waals surface area contributed by atoms with Crippen molar-refractivity contribution in [3.05, 3.63) is 29.3 Å². The van der Waals surface area contributed by atoms with Crippen LogP contribution in [0.4, 0.5) is 0 Å². The molecule has 1 aromatic rings. The Morgan fingerprint density at radius 2 is 2.22 bits per heavy atom. The Bertz CT molecular complexity index is 631. The Morgan fingerprint density at radius 3 is 3.00 bits per heavy atom. The summed E-state index contributed by atoms with van der Waals surface area (Å²) in [6.45, 7) is 2.71. The summed E-state index contributed by atoms with van der Waals surface area (Å²) < 4.78 is 6.18. The minimum absolute atomic E-state index is 0.0144. The van der Waals surface area contributed by atoms with Gasteiger partial charge in [0.1, 0.15) is 5.75 Å². The standard InChI is InChI=1S/C17H22N2O4/c1-11-9-13-10-12(15(20)19-22)5-6-14(13)23-17(11)7-3-2-4-8-18-16(17)21/h5-6,10-11,22H,2-4,7-9H2,1H3,(H,18,21)(H,19,20). The number of carbonyl (C=O) groups is 2. The third-order valence-electron chi connectivity index (χ3n) is 4.93. The van der Waals surface area contributed by atoms with E-state index < -0.39 is 11.5 Å². The molecule has 0 aromatic heterocycles. The summed E-state index contributed by atoms with van der Waals surface area (Å²) in [4.78, 5) is 24.2. The zero-order valence-electron chi connectivity index (χ0n) is 13.2. The number of amides is 2. The molecule has 1 saturated heterocycles. The van der Waals surface area contributed by atoms with E-state index in [2.05, 4.69) is 5.32 Å². The van der Waals surface area contributed by atoms with Crippen molar-refractivity contribution >= 4 is 11.8 Å². The average molecular weight is 318 g/mol. The SMILES string of the molecule is CC1Cc2cc(C(=O)NO)ccc2OC12CCCCCNC2=O. The molecular weight excluding hydrogens is 296 g/mol. The van der Waals surface area contributed by atoms with Crippen LogP contribution in [-0.2, 0) is 11.2 Å². The van der Waals surface area contributed by atoms with Gasteiger partial charge in [-0.2, -0.15) is 0 Å². The van der Waals surface area contributed by atoms with Crippen molar-refractivity contribution in [2.24, 2.45) is 5.92 Å². The van der Waals surface area contributed by atoms with E-state index in [1.54, 1.807) is 23.7 Å². The highest BCUT2D eigenvalue weighted by Crippen LogP contribution is 2.41. The molecule has 0 saturated carbocycles. The predicted molar refractivity (Wildman–Crippen MR) is 83.4 cm³/mol. The Morgan fingerprint density at radius 1 is 1.39 bits per heavy atom. The van der Waals surface area contributed by atoms with Gasteiger partial charge in [0.2, 0.25) is 0 Å². The van der Waals surface area contributed by atoms with Crippen molar-refractivity contribution in [2.45, 2.75) is 44.6 Å². The molecule has 0 bridgehead atoms. The summed E-state index contributed by atoms with van der Waals surface area (Å²) in [5.41, 5.74) is 2.07. The second-order valence-electron chi connectivity index (χ2n) is 6.43. The molecule has 0 aliphatic carbocycles. The molecule has 2 aliphatic heterocycles. The molecule has 3 rings (SSSR count). The summed E-state index contributed by atoms with van der Waals surface area (Å²) in [6, 6.07) is 5.01. The van der Waals surface area contributed by atoms with Gasteiger partial charge in [0, 0.05) is 18.0 Å². The first-order valence-corrected chi connectivity index (χ1v) is 8.11. The predicted octanol–water partition coefficient (Wildman–Crippen LogP) is 1.81. The van der Waals surface area contributed by atoms with Crippen molar-refractivity contribution in [1.29, 1.82) is 0 Å². The lowest BCUT2D eigenvalue weighted by atomic mass is 9.76. The minimum Gasteiger partial charge on any atom is -0.477 e. The Kier molecular flexibility index (Phi) is 4.26. The molecule has 2 amide bonds. The van der Waals surface area contributed by atoms with Crippen LogP contribution in [0, 0.1) is 5.92 Å². The first-order chi connectivity index (χ1) is 11.1. The topological polar surface area (TPSA) is 87.7 Å². The van der Waals surface area contributed by atoms with Crippen LogP contribution >= 0.6 is 0 Å². The van der Waals surface area contributed by atoms with Gasteiger partial charge in [-0.1, -0.05) is 13.3 Å². The lowest BCUT2D eigenvalue weighted by Gasteiger charge is -2.43. The Labute approximate surface area is 135 Å². The lowest BCUT2D eigenvalue weighted by molar-refractivity contribution is -0.144. The molecule has 3 N–H and O–H groups in total. The Hall–Kier alpha value is -2.08. The number of hydrogen-bond donors (Lipinski definition) is 3. The molecular formula is C17H22N2O4. The molecule has 0 radical (unpaired) electrons. The van der Waals surface area contributed by atoms with Gasteiger partial charge in [-0.05, 0) is 49.4 Å².